The van der Waals surface area contributed by atoms with Crippen molar-refractivity contribution < 1.29 is 19.1 Å². The number of fused-ring (bicyclic) bond motifs is 2. The van der Waals surface area contributed by atoms with E-state index in [0.29, 0.717) is 22.6 Å². The van der Waals surface area contributed by atoms with Crippen molar-refractivity contribution in [3.05, 3.63) is 82.0 Å². The zero-order valence-corrected chi connectivity index (χ0v) is 22.8. The molecule has 4 nitrogen and oxygen atoms in total. The lowest BCUT2D eigenvalue weighted by Gasteiger charge is -2.16. The number of esters is 2. The second-order valence-electron chi connectivity index (χ2n) is 10.3. The van der Waals surface area contributed by atoms with Gasteiger partial charge in [0, 0.05) is 11.8 Å². The van der Waals surface area contributed by atoms with E-state index < -0.39 is 11.9 Å². The predicted molar refractivity (Wildman–Crippen MR) is 148 cm³/mol. The lowest BCUT2D eigenvalue weighted by atomic mass is 9.96. The van der Waals surface area contributed by atoms with Crippen LogP contribution < -0.4 is 9.47 Å². The first-order chi connectivity index (χ1) is 18.0. The number of hydrogen-bond acceptors (Lipinski definition) is 4. The number of ether oxygens (including phenoxy) is 2. The zero-order valence-electron chi connectivity index (χ0n) is 22.8. The van der Waals surface area contributed by atoms with E-state index in [1.807, 2.05) is 36.4 Å². The summed E-state index contributed by atoms with van der Waals surface area (Å²) in [6, 6.07) is 11.9. The lowest BCUT2D eigenvalue weighted by molar-refractivity contribution is -0.133. The Morgan fingerprint density at radius 3 is 1.38 bits per heavy atom. The fraction of sp³-hybridized carbons (Fsp3) is 0.455. The van der Waals surface area contributed by atoms with Crippen molar-refractivity contribution in [1.82, 2.24) is 0 Å². The molecular weight excluding hydrogens is 460 g/mol. The van der Waals surface area contributed by atoms with E-state index in [2.05, 4.69) is 39.8 Å². The van der Waals surface area contributed by atoms with Gasteiger partial charge in [-0.3, -0.25) is 0 Å². The van der Waals surface area contributed by atoms with Gasteiger partial charge in [0.25, 0.3) is 0 Å². The Balaban J connectivity index is 1.56. The molecule has 2 bridgehead atoms. The molecule has 0 aliphatic heterocycles. The summed E-state index contributed by atoms with van der Waals surface area (Å²) >= 11 is 0. The van der Waals surface area contributed by atoms with Gasteiger partial charge < -0.3 is 9.47 Å². The van der Waals surface area contributed by atoms with E-state index in [-0.39, 0.29) is 11.8 Å². The zero-order chi connectivity index (χ0) is 26.4. The average Bonchev–Trinajstić information content (AvgIpc) is 3.50. The Labute approximate surface area is 221 Å². The van der Waals surface area contributed by atoms with Crippen LogP contribution in [0.15, 0.2) is 59.7 Å². The fourth-order valence-electron chi connectivity index (χ4n) is 5.74. The quantitative estimate of drug-likeness (QED) is 0.172. The molecule has 196 valence electrons. The molecule has 0 saturated heterocycles. The summed E-state index contributed by atoms with van der Waals surface area (Å²) in [5, 5.41) is 0. The number of allylic oxidation sites excluding steroid dienone is 2. The van der Waals surface area contributed by atoms with E-state index in [1.165, 1.54) is 22.3 Å². The topological polar surface area (TPSA) is 52.6 Å². The van der Waals surface area contributed by atoms with Gasteiger partial charge >= 0.3 is 11.9 Å². The van der Waals surface area contributed by atoms with Gasteiger partial charge in [-0.25, -0.2) is 9.59 Å². The number of hydrogen-bond donors (Lipinski definition) is 0. The van der Waals surface area contributed by atoms with Gasteiger partial charge in [-0.05, 0) is 78.6 Å². The highest BCUT2D eigenvalue weighted by Crippen LogP contribution is 2.45. The second kappa shape index (κ2) is 12.4. The second-order valence-corrected chi connectivity index (χ2v) is 10.3. The minimum atomic E-state index is -0.445. The minimum absolute atomic E-state index is 0.0999. The van der Waals surface area contributed by atoms with Crippen LogP contribution in [-0.4, -0.2) is 11.9 Å². The summed E-state index contributed by atoms with van der Waals surface area (Å²) in [4.78, 5) is 26.8. The van der Waals surface area contributed by atoms with Crippen molar-refractivity contribution >= 4 is 11.9 Å². The smallest absolute Gasteiger partial charge is 0.340 e. The number of aryl methyl sites for hydroxylation is 4. The van der Waals surface area contributed by atoms with Gasteiger partial charge in [-0.2, -0.15) is 0 Å². The van der Waals surface area contributed by atoms with Crippen molar-refractivity contribution in [2.45, 2.75) is 85.5 Å². The lowest BCUT2D eigenvalue weighted by Crippen LogP contribution is -2.22. The Hall–Kier alpha value is -3.14. The third kappa shape index (κ3) is 6.06. The van der Waals surface area contributed by atoms with Crippen molar-refractivity contribution in [3.63, 3.8) is 0 Å². The Kier molecular flexibility index (Phi) is 9.02. The molecule has 4 rings (SSSR count). The Bertz CT molecular complexity index is 1110. The molecule has 0 N–H and O–H groups in total. The van der Waals surface area contributed by atoms with Crippen LogP contribution in [0.4, 0.5) is 0 Å². The van der Waals surface area contributed by atoms with Crippen LogP contribution in [0.5, 0.6) is 11.5 Å². The third-order valence-corrected chi connectivity index (χ3v) is 7.41. The maximum atomic E-state index is 13.4. The first kappa shape index (κ1) is 26.9. The normalized spacial score (nSPS) is 17.9. The molecular formula is C33H40O4. The van der Waals surface area contributed by atoms with Crippen LogP contribution in [0.1, 0.15) is 82.1 Å². The van der Waals surface area contributed by atoms with Crippen LogP contribution in [0.3, 0.4) is 0 Å². The first-order valence-electron chi connectivity index (χ1n) is 14.1. The van der Waals surface area contributed by atoms with Crippen molar-refractivity contribution in [1.29, 1.82) is 0 Å². The van der Waals surface area contributed by atoms with Crippen molar-refractivity contribution in [3.8, 4) is 11.5 Å². The third-order valence-electron chi connectivity index (χ3n) is 7.41. The molecule has 0 fully saturated rings. The molecule has 0 radical (unpaired) electrons. The molecule has 0 saturated carbocycles. The molecule has 37 heavy (non-hydrogen) atoms. The number of carbonyl (C=O) groups is 2. The van der Waals surface area contributed by atoms with Crippen molar-refractivity contribution in [2.75, 3.05) is 0 Å². The standard InChI is InChI=1S/C33H40O4/c1-5-9-22-15-17-28(20-24(22)11-7-3)36-32(34)30-26-13-14-27(19-26)31(30)33(35)37-29-18-16-23(10-6-2)25(21-29)12-8-4/h13-18,20-21,26-27H,5-12,19H2,1-4H3. The summed E-state index contributed by atoms with van der Waals surface area (Å²) in [5.74, 6) is -0.0138. The molecule has 0 amide bonds. The van der Waals surface area contributed by atoms with Crippen LogP contribution >= 0.6 is 0 Å². The molecule has 2 aromatic carbocycles. The van der Waals surface area contributed by atoms with Gasteiger partial charge in [0.2, 0.25) is 0 Å². The number of carbonyl (C=O) groups excluding carboxylic acids is 2. The maximum absolute atomic E-state index is 13.4. The van der Waals surface area contributed by atoms with Gasteiger partial charge in [-0.1, -0.05) is 77.7 Å². The molecule has 2 aromatic rings. The van der Waals surface area contributed by atoms with Gasteiger partial charge in [0.15, 0.2) is 0 Å². The Morgan fingerprint density at radius 2 is 1.00 bits per heavy atom. The highest BCUT2D eigenvalue weighted by molar-refractivity contribution is 6.04. The SMILES string of the molecule is CCCc1ccc(OC(=O)C2=C(C(=O)Oc3ccc(CCC)c(CCC)c3)C3C=CC2C3)cc1CCC. The maximum Gasteiger partial charge on any atom is 0.340 e. The molecule has 2 aliphatic carbocycles. The summed E-state index contributed by atoms with van der Waals surface area (Å²) < 4.78 is 11.7. The summed E-state index contributed by atoms with van der Waals surface area (Å²) in [6.07, 6.45) is 12.9. The van der Waals surface area contributed by atoms with Crippen LogP contribution in [0, 0.1) is 11.8 Å². The van der Waals surface area contributed by atoms with E-state index in [9.17, 15) is 9.59 Å². The van der Waals surface area contributed by atoms with E-state index >= 15 is 0 Å². The van der Waals surface area contributed by atoms with Gasteiger partial charge in [0.1, 0.15) is 11.5 Å². The highest BCUT2D eigenvalue weighted by atomic mass is 16.5. The highest BCUT2D eigenvalue weighted by Gasteiger charge is 2.43. The first-order valence-corrected chi connectivity index (χ1v) is 14.1. The van der Waals surface area contributed by atoms with E-state index in [1.54, 1.807) is 0 Å². The van der Waals surface area contributed by atoms with Gasteiger partial charge in [0.05, 0.1) is 11.1 Å². The van der Waals surface area contributed by atoms with Crippen LogP contribution in [-0.2, 0) is 35.3 Å². The molecule has 2 aliphatic rings. The fourth-order valence-corrected chi connectivity index (χ4v) is 5.74. The largest absolute Gasteiger partial charge is 0.423 e. The molecule has 2 unspecified atom stereocenters. The molecule has 0 heterocycles. The molecule has 4 heteroatoms. The van der Waals surface area contributed by atoms with E-state index in [4.69, 9.17) is 9.47 Å². The van der Waals surface area contributed by atoms with Gasteiger partial charge in [-0.15, -0.1) is 0 Å². The van der Waals surface area contributed by atoms with Crippen molar-refractivity contribution in [2.24, 2.45) is 11.8 Å². The van der Waals surface area contributed by atoms with E-state index in [0.717, 1.165) is 57.8 Å². The summed E-state index contributed by atoms with van der Waals surface area (Å²) in [5.41, 5.74) is 5.97. The monoisotopic (exact) mass is 500 g/mol. The molecule has 0 spiro atoms. The predicted octanol–water partition coefficient (Wildman–Crippen LogP) is 7.51. The molecule has 0 aromatic heterocycles. The van der Waals surface area contributed by atoms with Crippen LogP contribution in [0.2, 0.25) is 0 Å². The minimum Gasteiger partial charge on any atom is -0.423 e. The Morgan fingerprint density at radius 1 is 0.622 bits per heavy atom. The number of rotatable bonds is 12. The summed E-state index contributed by atoms with van der Waals surface area (Å²) in [6.45, 7) is 8.65. The summed E-state index contributed by atoms with van der Waals surface area (Å²) in [7, 11) is 0. The average molecular weight is 501 g/mol. The van der Waals surface area contributed by atoms with Crippen LogP contribution in [0.25, 0.3) is 0 Å². The molecule has 2 atom stereocenters. The number of benzene rings is 2.